The van der Waals surface area contributed by atoms with Gasteiger partial charge in [0.15, 0.2) is 0 Å². The predicted molar refractivity (Wildman–Crippen MR) is 129 cm³/mol. The minimum atomic E-state index is -1.31. The van der Waals surface area contributed by atoms with E-state index in [1.807, 2.05) is 0 Å². The number of hydrogen-bond acceptors (Lipinski definition) is 10. The number of carboxylic acids is 1. The fourth-order valence-corrected chi connectivity index (χ4v) is 3.48. The van der Waals surface area contributed by atoms with Crippen molar-refractivity contribution in [2.45, 2.75) is 37.8 Å². The van der Waals surface area contributed by atoms with Gasteiger partial charge >= 0.3 is 11.9 Å². The molecule has 0 aliphatic rings. The van der Waals surface area contributed by atoms with Crippen molar-refractivity contribution in [3.63, 3.8) is 0 Å². The zero-order valence-electron chi connectivity index (χ0n) is 19.4. The van der Waals surface area contributed by atoms with E-state index >= 15 is 0 Å². The lowest BCUT2D eigenvalue weighted by Crippen LogP contribution is -2.49. The standard InChI is InChI=1S/C25H24N2O10/c26-17(2-1-9-28)24(34)27-18(7-8-21(31)32)25(35)37-15-5-3-13(4-6-15)16-12-36-20-11-14(29)10-19(30)22(20)23(16)33/h3-6,9-12,17-18,29-30H,1-2,7-8,26H2,(H,27,34)(H,31,32)/t17-,18-/m1/s1. The monoisotopic (exact) mass is 512 g/mol. The molecular weight excluding hydrogens is 488 g/mol. The van der Waals surface area contributed by atoms with Crippen molar-refractivity contribution in [3.8, 4) is 28.4 Å². The van der Waals surface area contributed by atoms with Crippen LogP contribution in [0.4, 0.5) is 0 Å². The van der Waals surface area contributed by atoms with Gasteiger partial charge < -0.3 is 40.3 Å². The molecule has 1 heterocycles. The van der Waals surface area contributed by atoms with Crippen LogP contribution in [0.15, 0.2) is 51.9 Å². The smallest absolute Gasteiger partial charge is 0.334 e. The van der Waals surface area contributed by atoms with Crippen molar-refractivity contribution >= 4 is 35.1 Å². The van der Waals surface area contributed by atoms with Crippen LogP contribution in [0.3, 0.4) is 0 Å². The van der Waals surface area contributed by atoms with E-state index in [1.54, 1.807) is 0 Å². The average Bonchev–Trinajstić information content (AvgIpc) is 2.85. The number of carboxylic acid groups (broad SMARTS) is 1. The van der Waals surface area contributed by atoms with E-state index in [9.17, 15) is 34.2 Å². The normalized spacial score (nSPS) is 12.5. The SMILES string of the molecule is N[C@H](CCC=O)C(=O)N[C@H](CCC(=O)O)C(=O)Oc1ccc(-c2coc3cc(O)cc(O)c3c2=O)cc1. The van der Waals surface area contributed by atoms with Crippen LogP contribution in [0.25, 0.3) is 22.1 Å². The van der Waals surface area contributed by atoms with Crippen molar-refractivity contribution in [1.82, 2.24) is 5.32 Å². The van der Waals surface area contributed by atoms with Gasteiger partial charge in [0.25, 0.3) is 0 Å². The summed E-state index contributed by atoms with van der Waals surface area (Å²) in [4.78, 5) is 59.3. The molecule has 0 unspecified atom stereocenters. The van der Waals surface area contributed by atoms with Crippen LogP contribution in [-0.4, -0.2) is 51.5 Å². The van der Waals surface area contributed by atoms with E-state index in [1.165, 1.54) is 30.3 Å². The zero-order chi connectivity index (χ0) is 27.1. The summed E-state index contributed by atoms with van der Waals surface area (Å²) in [5.74, 6) is -3.52. The second kappa shape index (κ2) is 11.8. The second-order valence-electron chi connectivity index (χ2n) is 8.11. The van der Waals surface area contributed by atoms with Gasteiger partial charge in [-0.15, -0.1) is 0 Å². The first kappa shape index (κ1) is 26.9. The number of carbonyl (C=O) groups excluding carboxylic acids is 3. The summed E-state index contributed by atoms with van der Waals surface area (Å²) < 4.78 is 10.7. The molecule has 0 bridgehead atoms. The Labute approximate surface area is 209 Å². The third-order valence-corrected chi connectivity index (χ3v) is 5.41. The molecule has 0 saturated carbocycles. The van der Waals surface area contributed by atoms with Crippen molar-refractivity contribution < 1.29 is 43.7 Å². The van der Waals surface area contributed by atoms with E-state index in [0.29, 0.717) is 11.8 Å². The van der Waals surface area contributed by atoms with Crippen LogP contribution in [0.5, 0.6) is 17.2 Å². The van der Waals surface area contributed by atoms with Crippen LogP contribution in [0.2, 0.25) is 0 Å². The number of esters is 1. The highest BCUT2D eigenvalue weighted by atomic mass is 16.5. The van der Waals surface area contributed by atoms with Gasteiger partial charge in [0.2, 0.25) is 11.3 Å². The van der Waals surface area contributed by atoms with Crippen molar-refractivity contribution in [2.24, 2.45) is 5.73 Å². The van der Waals surface area contributed by atoms with Gasteiger partial charge in [-0.05, 0) is 30.5 Å². The number of nitrogens with one attached hydrogen (secondary N) is 1. The molecule has 2 aromatic carbocycles. The van der Waals surface area contributed by atoms with Crippen LogP contribution < -0.4 is 21.2 Å². The number of hydrogen-bond donors (Lipinski definition) is 5. The number of aromatic hydroxyl groups is 2. The first-order valence-corrected chi connectivity index (χ1v) is 11.1. The Hall–Kier alpha value is -4.71. The molecule has 1 amide bonds. The second-order valence-corrected chi connectivity index (χ2v) is 8.11. The maximum Gasteiger partial charge on any atom is 0.334 e. The Balaban J connectivity index is 1.77. The molecule has 0 spiro atoms. The van der Waals surface area contributed by atoms with Crippen LogP contribution in [0.1, 0.15) is 25.7 Å². The maximum atomic E-state index is 12.9. The fourth-order valence-electron chi connectivity index (χ4n) is 3.48. The largest absolute Gasteiger partial charge is 0.508 e. The molecule has 3 rings (SSSR count). The van der Waals surface area contributed by atoms with Crippen LogP contribution >= 0.6 is 0 Å². The average molecular weight is 512 g/mol. The number of phenolic OH excluding ortho intramolecular Hbond substituents is 2. The van der Waals surface area contributed by atoms with Crippen molar-refractivity contribution in [1.29, 1.82) is 0 Å². The molecule has 0 saturated heterocycles. The van der Waals surface area contributed by atoms with Crippen molar-refractivity contribution in [3.05, 3.63) is 52.9 Å². The lowest BCUT2D eigenvalue weighted by Gasteiger charge is -2.19. The van der Waals surface area contributed by atoms with Gasteiger partial charge in [0, 0.05) is 25.0 Å². The summed E-state index contributed by atoms with van der Waals surface area (Å²) in [7, 11) is 0. The van der Waals surface area contributed by atoms with Gasteiger partial charge in [-0.25, -0.2) is 4.79 Å². The number of fused-ring (bicyclic) bond motifs is 1. The summed E-state index contributed by atoms with van der Waals surface area (Å²) in [6.45, 7) is 0. The number of amides is 1. The lowest BCUT2D eigenvalue weighted by atomic mass is 10.0. The number of phenols is 2. The van der Waals surface area contributed by atoms with Crippen molar-refractivity contribution in [2.75, 3.05) is 0 Å². The molecule has 2 atom stereocenters. The summed E-state index contributed by atoms with van der Waals surface area (Å²) >= 11 is 0. The molecule has 37 heavy (non-hydrogen) atoms. The molecule has 0 aliphatic carbocycles. The number of aldehydes is 1. The number of ether oxygens (including phenoxy) is 1. The third kappa shape index (κ3) is 6.70. The molecule has 12 heteroatoms. The molecule has 6 N–H and O–H groups in total. The highest BCUT2D eigenvalue weighted by Crippen LogP contribution is 2.30. The Kier molecular flexibility index (Phi) is 8.59. The molecule has 0 radical (unpaired) electrons. The van der Waals surface area contributed by atoms with E-state index in [0.717, 1.165) is 12.3 Å². The highest BCUT2D eigenvalue weighted by molar-refractivity contribution is 5.89. The van der Waals surface area contributed by atoms with E-state index < -0.39 is 47.5 Å². The molecule has 0 aliphatic heterocycles. The fraction of sp³-hybridized carbons (Fsp3) is 0.240. The number of carbonyl (C=O) groups is 4. The predicted octanol–water partition coefficient (Wildman–Crippen LogP) is 1.43. The van der Waals surface area contributed by atoms with Crippen LogP contribution in [-0.2, 0) is 19.2 Å². The first-order chi connectivity index (χ1) is 17.6. The van der Waals surface area contributed by atoms with E-state index in [2.05, 4.69) is 5.32 Å². The Morgan fingerprint density at radius 2 is 1.81 bits per heavy atom. The van der Waals surface area contributed by atoms with E-state index in [-0.39, 0.29) is 47.3 Å². The van der Waals surface area contributed by atoms with E-state index in [4.69, 9.17) is 20.0 Å². The quantitative estimate of drug-likeness (QED) is 0.141. The number of nitrogens with two attached hydrogens (primary N) is 1. The zero-order valence-corrected chi connectivity index (χ0v) is 19.4. The molecular formula is C25H24N2O10. The van der Waals surface area contributed by atoms with Gasteiger partial charge in [-0.1, -0.05) is 12.1 Å². The van der Waals surface area contributed by atoms with Gasteiger partial charge in [0.05, 0.1) is 11.6 Å². The summed E-state index contributed by atoms with van der Waals surface area (Å²) in [5, 5.41) is 30.8. The molecule has 1 aromatic heterocycles. The molecule has 3 aromatic rings. The Bertz CT molecular complexity index is 1380. The number of aliphatic carboxylic acids is 1. The number of benzene rings is 2. The third-order valence-electron chi connectivity index (χ3n) is 5.41. The Morgan fingerprint density at radius 3 is 2.46 bits per heavy atom. The highest BCUT2D eigenvalue weighted by Gasteiger charge is 2.26. The summed E-state index contributed by atoms with van der Waals surface area (Å²) in [5.41, 5.74) is 5.62. The minimum Gasteiger partial charge on any atom is -0.508 e. The lowest BCUT2D eigenvalue weighted by molar-refractivity contribution is -0.141. The summed E-state index contributed by atoms with van der Waals surface area (Å²) in [6.07, 6.45) is 1.18. The maximum absolute atomic E-state index is 12.9. The first-order valence-electron chi connectivity index (χ1n) is 11.1. The molecule has 12 nitrogen and oxygen atoms in total. The Morgan fingerprint density at radius 1 is 1.11 bits per heavy atom. The van der Waals surface area contributed by atoms with Gasteiger partial charge in [-0.3, -0.25) is 14.4 Å². The number of rotatable bonds is 11. The van der Waals surface area contributed by atoms with Gasteiger partial charge in [0.1, 0.15) is 46.8 Å². The summed E-state index contributed by atoms with van der Waals surface area (Å²) in [6, 6.07) is 5.49. The van der Waals surface area contributed by atoms with Gasteiger partial charge in [-0.2, -0.15) is 0 Å². The van der Waals surface area contributed by atoms with Crippen LogP contribution in [0, 0.1) is 0 Å². The molecule has 0 fully saturated rings. The topological polar surface area (TPSA) is 206 Å². The molecule has 194 valence electrons. The minimum absolute atomic E-state index is 0.00266.